The zero-order valence-electron chi connectivity index (χ0n) is 7.73. The highest BCUT2D eigenvalue weighted by molar-refractivity contribution is 6.62. The molecule has 0 radical (unpaired) electrons. The summed E-state index contributed by atoms with van der Waals surface area (Å²) in [5.74, 6) is 0. The van der Waals surface area contributed by atoms with E-state index in [0.717, 1.165) is 24.3 Å². The van der Waals surface area contributed by atoms with Gasteiger partial charge in [0.15, 0.2) is 0 Å². The van der Waals surface area contributed by atoms with Crippen molar-refractivity contribution in [1.82, 2.24) is 0 Å². The van der Waals surface area contributed by atoms with Gasteiger partial charge in [-0.25, -0.2) is 0 Å². The molecule has 1 aromatic rings. The maximum Gasteiger partial charge on any atom is 0.595 e. The fourth-order valence-electron chi connectivity index (χ4n) is 1.04. The Morgan fingerprint density at radius 2 is 0.875 bits per heavy atom. The van der Waals surface area contributed by atoms with Crippen molar-refractivity contribution in [2.75, 3.05) is 10.5 Å². The Bertz CT molecular complexity index is 311. The molecular formula is C6H6B2F6N2-2. The number of hydrogen-bond donors (Lipinski definition) is 2. The molecule has 0 bridgehead atoms. The van der Waals surface area contributed by atoms with Crippen molar-refractivity contribution in [2.24, 2.45) is 0 Å². The van der Waals surface area contributed by atoms with Crippen LogP contribution in [0.3, 0.4) is 0 Å². The van der Waals surface area contributed by atoms with Gasteiger partial charge >= 0.3 is 14.2 Å². The Kier molecular flexibility index (Phi) is 3.30. The summed E-state index contributed by atoms with van der Waals surface area (Å²) >= 11 is 0. The third-order valence-corrected chi connectivity index (χ3v) is 1.55. The second-order valence-corrected chi connectivity index (χ2v) is 3.02. The third-order valence-electron chi connectivity index (χ3n) is 1.55. The summed E-state index contributed by atoms with van der Waals surface area (Å²) in [5, 5.41) is 2.46. The molecule has 1 aromatic carbocycles. The van der Waals surface area contributed by atoms with Gasteiger partial charge in [-0.2, -0.15) is 0 Å². The van der Waals surface area contributed by atoms with Gasteiger partial charge in [-0.15, -0.1) is 0 Å². The van der Waals surface area contributed by atoms with E-state index in [4.69, 9.17) is 0 Å². The molecule has 0 saturated heterocycles. The molecule has 90 valence electrons. The van der Waals surface area contributed by atoms with Crippen LogP contribution in [0.1, 0.15) is 0 Å². The smallest absolute Gasteiger partial charge is 0.473 e. The number of benzene rings is 1. The SMILES string of the molecule is F[B-](F)(F)Nc1ccc(N[B-](F)(F)F)cc1. The van der Waals surface area contributed by atoms with Crippen LogP contribution < -0.4 is 10.5 Å². The minimum Gasteiger partial charge on any atom is -0.473 e. The van der Waals surface area contributed by atoms with E-state index in [2.05, 4.69) is 0 Å². The predicted molar refractivity (Wildman–Crippen MR) is 51.8 cm³/mol. The Balaban J connectivity index is 2.69. The Morgan fingerprint density at radius 1 is 0.625 bits per heavy atom. The zero-order valence-corrected chi connectivity index (χ0v) is 7.73. The van der Waals surface area contributed by atoms with Crippen LogP contribution in [0.15, 0.2) is 24.3 Å². The third kappa shape index (κ3) is 4.85. The first-order chi connectivity index (χ1) is 7.16. The van der Waals surface area contributed by atoms with Gasteiger partial charge in [0.25, 0.3) is 0 Å². The van der Waals surface area contributed by atoms with Crippen molar-refractivity contribution in [1.29, 1.82) is 0 Å². The molecule has 0 spiro atoms. The van der Waals surface area contributed by atoms with E-state index in [1.165, 1.54) is 10.5 Å². The van der Waals surface area contributed by atoms with Gasteiger partial charge in [0.05, 0.1) is 0 Å². The normalized spacial score (nSPS) is 12.4. The minimum absolute atomic E-state index is 0.298. The molecule has 0 heterocycles. The lowest BCUT2D eigenvalue weighted by Crippen LogP contribution is -2.29. The van der Waals surface area contributed by atoms with Crippen molar-refractivity contribution in [3.05, 3.63) is 24.3 Å². The fourth-order valence-corrected chi connectivity index (χ4v) is 1.04. The molecule has 0 atom stereocenters. The number of hydrogen-bond acceptors (Lipinski definition) is 2. The highest BCUT2D eigenvalue weighted by atomic mass is 19.4. The van der Waals surface area contributed by atoms with E-state index >= 15 is 0 Å². The minimum atomic E-state index is -5.21. The molecule has 0 saturated carbocycles. The lowest BCUT2D eigenvalue weighted by atomic mass is 10.1. The number of nitrogens with one attached hydrogen (secondary N) is 2. The standard InChI is InChI=1S/C6H6B2F6N2/c9-7(10,11)15-5-1-2-6(4-3-5)16-8(12,13)14/h1-4,15-16H/q-2. The number of halogens is 6. The first kappa shape index (κ1) is 12.6. The van der Waals surface area contributed by atoms with Gasteiger partial charge in [-0.3, -0.25) is 0 Å². The van der Waals surface area contributed by atoms with Gasteiger partial charge in [0.1, 0.15) is 0 Å². The summed E-state index contributed by atoms with van der Waals surface area (Å²) in [5.41, 5.74) is -0.597. The molecule has 1 rings (SSSR count). The van der Waals surface area contributed by atoms with Crippen molar-refractivity contribution in [3.63, 3.8) is 0 Å². The largest absolute Gasteiger partial charge is 0.595 e. The quantitative estimate of drug-likeness (QED) is 0.625. The van der Waals surface area contributed by atoms with E-state index in [9.17, 15) is 25.9 Å². The first-order valence-corrected chi connectivity index (χ1v) is 4.21. The first-order valence-electron chi connectivity index (χ1n) is 4.21. The molecule has 2 N–H and O–H groups in total. The van der Waals surface area contributed by atoms with Crippen molar-refractivity contribution < 1.29 is 25.9 Å². The fraction of sp³-hybridized carbons (Fsp3) is 0. The average molecular weight is 242 g/mol. The molecule has 0 fully saturated rings. The maximum absolute atomic E-state index is 11.9. The Labute approximate surface area is 87.2 Å². The molecule has 2 nitrogen and oxygen atoms in total. The van der Waals surface area contributed by atoms with Crippen LogP contribution in [-0.4, -0.2) is 14.2 Å². The average Bonchev–Trinajstić information content (AvgIpc) is 2.03. The molecule has 0 unspecified atom stereocenters. The monoisotopic (exact) mass is 242 g/mol. The second kappa shape index (κ2) is 4.18. The molecule has 0 amide bonds. The van der Waals surface area contributed by atoms with Gasteiger partial charge in [0, 0.05) is 11.4 Å². The molecule has 0 aliphatic heterocycles. The van der Waals surface area contributed by atoms with Gasteiger partial charge < -0.3 is 36.3 Å². The van der Waals surface area contributed by atoms with E-state index < -0.39 is 14.2 Å². The maximum atomic E-state index is 11.9. The van der Waals surface area contributed by atoms with Crippen LogP contribution in [0, 0.1) is 0 Å². The highest BCUT2D eigenvalue weighted by Crippen LogP contribution is 2.20. The number of rotatable bonds is 4. The van der Waals surface area contributed by atoms with Crippen LogP contribution >= 0.6 is 0 Å². The summed E-state index contributed by atoms with van der Waals surface area (Å²) in [6.45, 7) is 0. The van der Waals surface area contributed by atoms with E-state index in [-0.39, 0.29) is 11.4 Å². The van der Waals surface area contributed by atoms with Crippen LogP contribution in [0.2, 0.25) is 0 Å². The van der Waals surface area contributed by atoms with Crippen LogP contribution in [0.25, 0.3) is 0 Å². The molecule has 0 aromatic heterocycles. The molecule has 0 aliphatic carbocycles. The predicted octanol–water partition coefficient (Wildman–Crippen LogP) is 3.20. The Morgan fingerprint density at radius 3 is 1.06 bits per heavy atom. The van der Waals surface area contributed by atoms with E-state index in [1.54, 1.807) is 0 Å². The topological polar surface area (TPSA) is 24.1 Å². The second-order valence-electron chi connectivity index (χ2n) is 3.02. The molecular weight excluding hydrogens is 236 g/mol. The zero-order chi connectivity index (χ0) is 12.4. The number of anilines is 2. The van der Waals surface area contributed by atoms with Crippen molar-refractivity contribution in [3.8, 4) is 0 Å². The van der Waals surface area contributed by atoms with Gasteiger partial charge in [-0.05, 0) is 24.3 Å². The Hall–Kier alpha value is -1.47. The summed E-state index contributed by atoms with van der Waals surface area (Å²) in [4.78, 5) is 0. The molecule has 0 aliphatic rings. The van der Waals surface area contributed by atoms with Gasteiger partial charge in [0.2, 0.25) is 0 Å². The lowest BCUT2D eigenvalue weighted by Gasteiger charge is -2.20. The van der Waals surface area contributed by atoms with Crippen LogP contribution in [0.4, 0.5) is 37.3 Å². The van der Waals surface area contributed by atoms with Crippen molar-refractivity contribution >= 4 is 25.6 Å². The summed E-state index contributed by atoms with van der Waals surface area (Å²) in [6.07, 6.45) is 0. The van der Waals surface area contributed by atoms with Crippen LogP contribution in [0.5, 0.6) is 0 Å². The highest BCUT2D eigenvalue weighted by Gasteiger charge is 2.24. The van der Waals surface area contributed by atoms with E-state index in [1.807, 2.05) is 0 Å². The summed E-state index contributed by atoms with van der Waals surface area (Å²) < 4.78 is 71.2. The lowest BCUT2D eigenvalue weighted by molar-refractivity contribution is 0.484. The summed E-state index contributed by atoms with van der Waals surface area (Å²) in [6, 6.07) is 3.66. The van der Waals surface area contributed by atoms with Crippen molar-refractivity contribution in [2.45, 2.75) is 0 Å². The molecule has 16 heavy (non-hydrogen) atoms. The van der Waals surface area contributed by atoms with E-state index in [0.29, 0.717) is 0 Å². The van der Waals surface area contributed by atoms with Crippen LogP contribution in [-0.2, 0) is 0 Å². The van der Waals surface area contributed by atoms with Gasteiger partial charge in [-0.1, -0.05) is 0 Å². The molecule has 10 heteroatoms. The summed E-state index contributed by atoms with van der Waals surface area (Å²) in [7, 11) is -10.4.